The summed E-state index contributed by atoms with van der Waals surface area (Å²) in [5.41, 5.74) is 4.48. The molecule has 0 spiro atoms. The maximum absolute atomic E-state index is 12.7. The van der Waals surface area contributed by atoms with E-state index < -0.39 is 31.2 Å². The van der Waals surface area contributed by atoms with Crippen molar-refractivity contribution < 1.29 is 32.5 Å². The number of pyridine rings is 1. The quantitative estimate of drug-likeness (QED) is 0.380. The first-order chi connectivity index (χ1) is 18.7. The van der Waals surface area contributed by atoms with Crippen LogP contribution < -0.4 is 4.74 Å². The highest BCUT2D eigenvalue weighted by atomic mass is 35.5. The smallest absolute Gasteiger partial charge is 0.401 e. The molecule has 2 N–H and O–H groups in total. The Balaban J connectivity index is 1.06. The second-order valence-electron chi connectivity index (χ2n) is 9.91. The lowest BCUT2D eigenvalue weighted by Crippen LogP contribution is -2.30. The molecule has 0 unspecified atom stereocenters. The number of nitrogens with one attached hydrogen (secondary N) is 1. The van der Waals surface area contributed by atoms with Crippen LogP contribution in [-0.4, -0.2) is 78.7 Å². The Morgan fingerprint density at radius 1 is 1.18 bits per heavy atom. The van der Waals surface area contributed by atoms with Gasteiger partial charge in [-0.3, -0.25) is 4.90 Å². The average molecular weight is 563 g/mol. The molecule has 3 aromatic heterocycles. The van der Waals surface area contributed by atoms with Crippen molar-refractivity contribution in [1.29, 1.82) is 0 Å². The number of aromatic nitrogens is 5. The second kappa shape index (κ2) is 9.17. The fraction of sp³-hybridized carbons (Fsp3) is 0.400. The zero-order valence-electron chi connectivity index (χ0n) is 20.2. The highest BCUT2D eigenvalue weighted by Gasteiger charge is 2.46. The van der Waals surface area contributed by atoms with E-state index in [2.05, 4.69) is 20.1 Å². The van der Waals surface area contributed by atoms with Crippen LogP contribution in [0.5, 0.6) is 6.01 Å². The fourth-order valence-corrected chi connectivity index (χ4v) is 5.56. The van der Waals surface area contributed by atoms with Crippen LogP contribution >= 0.6 is 11.6 Å². The topological polar surface area (TPSA) is 111 Å². The van der Waals surface area contributed by atoms with Crippen LogP contribution in [0, 0.1) is 0 Å². The van der Waals surface area contributed by atoms with Gasteiger partial charge in [-0.2, -0.15) is 23.3 Å². The number of alkyl halides is 3. The lowest BCUT2D eigenvalue weighted by atomic mass is 10.1. The number of aromatic amines is 1. The van der Waals surface area contributed by atoms with Crippen LogP contribution in [-0.2, 0) is 22.6 Å². The number of benzene rings is 1. The van der Waals surface area contributed by atoms with Gasteiger partial charge in [-0.25, -0.2) is 9.67 Å². The van der Waals surface area contributed by atoms with E-state index in [1.807, 2.05) is 24.3 Å². The van der Waals surface area contributed by atoms with E-state index in [1.165, 1.54) is 4.90 Å². The van der Waals surface area contributed by atoms with Gasteiger partial charge in [-0.15, -0.1) is 0 Å². The van der Waals surface area contributed by atoms with E-state index in [-0.39, 0.29) is 31.8 Å². The van der Waals surface area contributed by atoms with Crippen molar-refractivity contribution in [3.8, 4) is 23.0 Å². The maximum atomic E-state index is 12.7. The molecule has 2 saturated heterocycles. The summed E-state index contributed by atoms with van der Waals surface area (Å²) in [6.45, 7) is -0.314. The van der Waals surface area contributed by atoms with Crippen LogP contribution in [0.1, 0.15) is 17.7 Å². The number of H-pyrrole nitrogens is 1. The summed E-state index contributed by atoms with van der Waals surface area (Å²) in [7, 11) is 0. The molecule has 2 fully saturated rings. The van der Waals surface area contributed by atoms with Crippen LogP contribution in [0.2, 0.25) is 5.02 Å². The molecular formula is C25H22ClF3N6O4. The molecule has 3 aliphatic heterocycles. The molecule has 3 aliphatic rings. The van der Waals surface area contributed by atoms with Crippen molar-refractivity contribution in [2.24, 2.45) is 0 Å². The molecule has 6 heterocycles. The largest absolute Gasteiger partial charge is 0.435 e. The number of ether oxygens (including phenoxy) is 3. The molecule has 4 atom stereocenters. The van der Waals surface area contributed by atoms with E-state index in [0.29, 0.717) is 34.0 Å². The average Bonchev–Trinajstić information content (AvgIpc) is 3.67. The molecule has 1 aromatic carbocycles. The summed E-state index contributed by atoms with van der Waals surface area (Å²) in [5, 5.41) is 14.8. The first-order valence-corrected chi connectivity index (χ1v) is 12.7. The van der Waals surface area contributed by atoms with Gasteiger partial charge in [-0.05, 0) is 18.2 Å². The molecule has 0 aliphatic carbocycles. The number of aliphatic hydroxyl groups excluding tert-OH is 1. The SMILES string of the molecule is O[C@@H]1CO[C@@H]2C[C@H](Oc3nc4nc(-c5ccc(-n6cc7c(n6)CN(CC(F)(F)F)C7)cc5)c(Cl)cc4[nH]3)O[C@H]12. The number of imidazole rings is 1. The molecule has 0 saturated carbocycles. The molecule has 0 bridgehead atoms. The number of hydrogen-bond donors (Lipinski definition) is 2. The van der Waals surface area contributed by atoms with Crippen molar-refractivity contribution in [2.45, 2.75) is 50.3 Å². The summed E-state index contributed by atoms with van der Waals surface area (Å²) in [4.78, 5) is 13.4. The van der Waals surface area contributed by atoms with E-state index in [0.717, 1.165) is 16.8 Å². The number of hydrogen-bond acceptors (Lipinski definition) is 8. The van der Waals surface area contributed by atoms with Crippen molar-refractivity contribution in [3.63, 3.8) is 0 Å². The molecule has 4 aromatic rings. The van der Waals surface area contributed by atoms with Gasteiger partial charge < -0.3 is 24.3 Å². The first kappa shape index (κ1) is 24.8. The summed E-state index contributed by atoms with van der Waals surface area (Å²) in [5.74, 6) is 0. The molecular weight excluding hydrogens is 541 g/mol. The van der Waals surface area contributed by atoms with Crippen LogP contribution in [0.4, 0.5) is 13.2 Å². The summed E-state index contributed by atoms with van der Waals surface area (Å²) in [6, 6.07) is 9.32. The molecule has 10 nitrogen and oxygen atoms in total. The highest BCUT2D eigenvalue weighted by Crippen LogP contribution is 2.34. The van der Waals surface area contributed by atoms with Gasteiger partial charge in [-0.1, -0.05) is 23.7 Å². The number of fused-ring (bicyclic) bond motifs is 3. The van der Waals surface area contributed by atoms with Gasteiger partial charge in [0.1, 0.15) is 12.2 Å². The minimum absolute atomic E-state index is 0.165. The summed E-state index contributed by atoms with van der Waals surface area (Å²) in [6.07, 6.45) is -3.88. The molecule has 7 rings (SSSR count). The Bertz CT molecular complexity index is 1520. The fourth-order valence-electron chi connectivity index (χ4n) is 5.30. The summed E-state index contributed by atoms with van der Waals surface area (Å²) >= 11 is 6.54. The van der Waals surface area contributed by atoms with Gasteiger partial charge in [0.2, 0.25) is 6.29 Å². The van der Waals surface area contributed by atoms with Crippen LogP contribution in [0.3, 0.4) is 0 Å². The van der Waals surface area contributed by atoms with E-state index >= 15 is 0 Å². The Morgan fingerprint density at radius 3 is 2.74 bits per heavy atom. The van der Waals surface area contributed by atoms with E-state index in [1.54, 1.807) is 16.9 Å². The first-order valence-electron chi connectivity index (χ1n) is 12.3. The zero-order chi connectivity index (χ0) is 26.9. The number of rotatable bonds is 5. The van der Waals surface area contributed by atoms with Crippen molar-refractivity contribution in [1.82, 2.24) is 29.6 Å². The Kier molecular flexibility index (Phi) is 5.83. The van der Waals surface area contributed by atoms with Gasteiger partial charge >= 0.3 is 6.18 Å². The van der Waals surface area contributed by atoms with Gasteiger partial charge in [0, 0.05) is 36.8 Å². The number of nitrogens with zero attached hydrogens (tertiary/aromatic N) is 5. The third-order valence-electron chi connectivity index (χ3n) is 7.06. The number of halogens is 4. The van der Waals surface area contributed by atoms with Gasteiger partial charge in [0.25, 0.3) is 6.01 Å². The lowest BCUT2D eigenvalue weighted by Gasteiger charge is -2.17. The summed E-state index contributed by atoms with van der Waals surface area (Å²) < 4.78 is 56.8. The molecule has 204 valence electrons. The third kappa shape index (κ3) is 4.74. The van der Waals surface area contributed by atoms with Gasteiger partial charge in [0.05, 0.1) is 46.9 Å². The standard InChI is InChI=1S/C25H22ClF3N6O4/c26-15-5-16-23(32-24(30-16)39-20-6-19-22(38-20)18(36)10-37-19)31-21(15)12-1-3-14(4-2-12)35-8-13-7-34(9-17(13)33-35)11-25(27,28)29/h1-5,8,18-20,22,36H,6-7,9-11H2,(H,30,31,32)/t18-,19-,20+,22-/m1/s1. The Morgan fingerprint density at radius 2 is 2.00 bits per heavy atom. The zero-order valence-corrected chi connectivity index (χ0v) is 21.0. The Labute approximate surface area is 224 Å². The molecule has 0 amide bonds. The second-order valence-corrected chi connectivity index (χ2v) is 10.3. The maximum Gasteiger partial charge on any atom is 0.401 e. The van der Waals surface area contributed by atoms with Crippen LogP contribution in [0.15, 0.2) is 36.5 Å². The highest BCUT2D eigenvalue weighted by molar-refractivity contribution is 6.33. The van der Waals surface area contributed by atoms with E-state index in [4.69, 9.17) is 25.8 Å². The molecule has 0 radical (unpaired) electrons. The lowest BCUT2D eigenvalue weighted by molar-refractivity contribution is -0.147. The van der Waals surface area contributed by atoms with E-state index in [9.17, 15) is 18.3 Å². The monoisotopic (exact) mass is 562 g/mol. The van der Waals surface area contributed by atoms with Gasteiger partial charge in [0.15, 0.2) is 5.65 Å². The Hall–Kier alpha value is -3.23. The third-order valence-corrected chi connectivity index (χ3v) is 7.35. The molecule has 14 heteroatoms. The van der Waals surface area contributed by atoms with Crippen molar-refractivity contribution in [2.75, 3.05) is 13.2 Å². The normalized spacial score (nSPS) is 24.9. The predicted molar refractivity (Wildman–Crippen MR) is 131 cm³/mol. The van der Waals surface area contributed by atoms with Crippen molar-refractivity contribution in [3.05, 3.63) is 52.8 Å². The number of aliphatic hydroxyl groups is 1. The predicted octanol–water partition coefficient (Wildman–Crippen LogP) is 3.60. The van der Waals surface area contributed by atoms with Crippen molar-refractivity contribution >= 4 is 22.8 Å². The minimum Gasteiger partial charge on any atom is -0.435 e. The van der Waals surface area contributed by atoms with Crippen LogP contribution in [0.25, 0.3) is 28.1 Å². The minimum atomic E-state index is -4.23. The molecule has 39 heavy (non-hydrogen) atoms.